The van der Waals surface area contributed by atoms with Crippen LogP contribution in [0.1, 0.15) is 11.6 Å². The Morgan fingerprint density at radius 3 is 2.77 bits per heavy atom. The number of nitrogens with two attached hydrogens (primary N) is 1. The molecule has 0 bridgehead atoms. The molecule has 0 amide bonds. The fourth-order valence-corrected chi connectivity index (χ4v) is 4.11. The van der Waals surface area contributed by atoms with Crippen LogP contribution < -0.4 is 15.2 Å². The molecule has 10 heteroatoms. The Morgan fingerprint density at radius 2 is 2.03 bits per heavy atom. The van der Waals surface area contributed by atoms with Crippen molar-refractivity contribution >= 4 is 34.6 Å². The van der Waals surface area contributed by atoms with Gasteiger partial charge < -0.3 is 19.9 Å². The van der Waals surface area contributed by atoms with Crippen molar-refractivity contribution in [1.82, 2.24) is 4.90 Å². The quantitative estimate of drug-likeness (QED) is 0.412. The number of non-ortho nitro benzene ring substituents is 1. The summed E-state index contributed by atoms with van der Waals surface area (Å²) in [4.78, 5) is 12.7. The molecule has 1 fully saturated rings. The average molecular weight is 452 g/mol. The predicted octanol–water partition coefficient (Wildman–Crippen LogP) is 4.21. The molecule has 0 radical (unpaired) electrons. The Bertz CT molecular complexity index is 1010. The van der Waals surface area contributed by atoms with Gasteiger partial charge in [-0.25, -0.2) is 0 Å². The highest BCUT2D eigenvalue weighted by Gasteiger charge is 2.36. The SMILES string of the molecule is Nc1ccc([N+](=O)[O-])cc1OC/C=C1\Oc2c(Cl)cc(Cl)cc2C1N1CCOCC1. The van der Waals surface area contributed by atoms with Gasteiger partial charge in [0.05, 0.1) is 41.0 Å². The number of fused-ring (bicyclic) bond motifs is 1. The van der Waals surface area contributed by atoms with Crippen LogP contribution in [0.2, 0.25) is 10.0 Å². The van der Waals surface area contributed by atoms with Gasteiger partial charge in [0.2, 0.25) is 0 Å². The molecule has 2 aromatic rings. The van der Waals surface area contributed by atoms with Crippen molar-refractivity contribution in [3.63, 3.8) is 0 Å². The van der Waals surface area contributed by atoms with Gasteiger partial charge in [-0.15, -0.1) is 0 Å². The van der Waals surface area contributed by atoms with E-state index in [-0.39, 0.29) is 24.1 Å². The van der Waals surface area contributed by atoms with Gasteiger partial charge in [0, 0.05) is 29.7 Å². The zero-order chi connectivity index (χ0) is 21.3. The van der Waals surface area contributed by atoms with Gasteiger partial charge in [0.1, 0.15) is 18.1 Å². The number of rotatable bonds is 5. The van der Waals surface area contributed by atoms with E-state index < -0.39 is 4.92 Å². The van der Waals surface area contributed by atoms with E-state index in [9.17, 15) is 10.1 Å². The zero-order valence-corrected chi connectivity index (χ0v) is 17.4. The fourth-order valence-electron chi connectivity index (χ4n) is 3.56. The summed E-state index contributed by atoms with van der Waals surface area (Å²) in [6, 6.07) is 7.39. The van der Waals surface area contributed by atoms with E-state index in [1.807, 2.05) is 6.07 Å². The highest BCUT2D eigenvalue weighted by Crippen LogP contribution is 2.48. The fraction of sp³-hybridized carbons (Fsp3) is 0.300. The topological polar surface area (TPSA) is 100 Å². The number of nitrogen functional groups attached to an aromatic ring is 1. The van der Waals surface area contributed by atoms with Crippen LogP contribution >= 0.6 is 23.2 Å². The second-order valence-corrected chi connectivity index (χ2v) is 7.70. The third kappa shape index (κ3) is 4.17. The number of benzene rings is 2. The van der Waals surface area contributed by atoms with E-state index in [0.717, 1.165) is 18.7 Å². The number of ether oxygens (including phenoxy) is 3. The van der Waals surface area contributed by atoms with Gasteiger partial charge in [-0.1, -0.05) is 23.2 Å². The van der Waals surface area contributed by atoms with Gasteiger partial charge in [-0.3, -0.25) is 15.0 Å². The third-order valence-corrected chi connectivity index (χ3v) is 5.46. The van der Waals surface area contributed by atoms with Crippen molar-refractivity contribution in [3.8, 4) is 11.5 Å². The Hall–Kier alpha value is -2.52. The molecular weight excluding hydrogens is 433 g/mol. The van der Waals surface area contributed by atoms with Crippen molar-refractivity contribution in [3.05, 3.63) is 67.9 Å². The van der Waals surface area contributed by atoms with E-state index in [1.54, 1.807) is 12.1 Å². The van der Waals surface area contributed by atoms with E-state index >= 15 is 0 Å². The minimum Gasteiger partial charge on any atom is -0.487 e. The molecule has 0 spiro atoms. The van der Waals surface area contributed by atoms with Crippen LogP contribution in [-0.4, -0.2) is 42.7 Å². The van der Waals surface area contributed by atoms with Crippen LogP contribution in [-0.2, 0) is 4.74 Å². The molecule has 8 nitrogen and oxygen atoms in total. The molecular formula is C20H19Cl2N3O5. The Labute approximate surface area is 182 Å². The van der Waals surface area contributed by atoms with E-state index in [0.29, 0.717) is 40.5 Å². The zero-order valence-electron chi connectivity index (χ0n) is 15.8. The second kappa shape index (κ2) is 8.69. The lowest BCUT2D eigenvalue weighted by molar-refractivity contribution is -0.384. The molecule has 0 aromatic heterocycles. The number of anilines is 1. The van der Waals surface area contributed by atoms with Crippen molar-refractivity contribution in [2.75, 3.05) is 38.6 Å². The number of morpholine rings is 1. The van der Waals surface area contributed by atoms with Crippen LogP contribution in [0.3, 0.4) is 0 Å². The lowest BCUT2D eigenvalue weighted by Gasteiger charge is -2.32. The number of nitro groups is 1. The Balaban J connectivity index is 1.59. The maximum atomic E-state index is 11.0. The first-order valence-corrected chi connectivity index (χ1v) is 10.0. The highest BCUT2D eigenvalue weighted by molar-refractivity contribution is 6.35. The van der Waals surface area contributed by atoms with Gasteiger partial charge in [-0.2, -0.15) is 0 Å². The largest absolute Gasteiger partial charge is 0.487 e. The molecule has 2 aromatic carbocycles. The van der Waals surface area contributed by atoms with Crippen LogP contribution in [0.4, 0.5) is 11.4 Å². The molecule has 0 saturated carbocycles. The van der Waals surface area contributed by atoms with Gasteiger partial charge in [-0.05, 0) is 24.3 Å². The standard InChI is InChI=1S/C20H19Cl2N3O5/c21-12-9-14-19(24-4-7-28-8-5-24)17(30-20(14)15(22)10-12)3-6-29-18-11-13(25(26)27)1-2-16(18)23/h1-3,9-11,19H,4-8,23H2/b17-3-. The molecule has 2 N–H and O–H groups in total. The molecule has 2 aliphatic rings. The number of halogens is 2. The van der Waals surface area contributed by atoms with Crippen LogP contribution in [0.5, 0.6) is 11.5 Å². The molecule has 1 atom stereocenters. The van der Waals surface area contributed by atoms with Crippen LogP contribution in [0.15, 0.2) is 42.2 Å². The number of nitro benzene ring substituents is 1. The van der Waals surface area contributed by atoms with E-state index in [2.05, 4.69) is 4.90 Å². The molecule has 158 valence electrons. The monoisotopic (exact) mass is 451 g/mol. The van der Waals surface area contributed by atoms with Gasteiger partial charge >= 0.3 is 0 Å². The smallest absolute Gasteiger partial charge is 0.273 e. The normalized spacial score (nSPS) is 20.1. The van der Waals surface area contributed by atoms with Gasteiger partial charge in [0.25, 0.3) is 5.69 Å². The third-order valence-electron chi connectivity index (χ3n) is 4.96. The summed E-state index contributed by atoms with van der Waals surface area (Å²) in [7, 11) is 0. The first kappa shape index (κ1) is 20.7. The van der Waals surface area contributed by atoms with Crippen molar-refractivity contribution in [1.29, 1.82) is 0 Å². The Morgan fingerprint density at radius 1 is 1.27 bits per heavy atom. The van der Waals surface area contributed by atoms with E-state index in [1.165, 1.54) is 18.2 Å². The highest BCUT2D eigenvalue weighted by atomic mass is 35.5. The summed E-state index contributed by atoms with van der Waals surface area (Å²) in [5.74, 6) is 1.46. The summed E-state index contributed by atoms with van der Waals surface area (Å²) >= 11 is 12.6. The molecule has 30 heavy (non-hydrogen) atoms. The first-order valence-electron chi connectivity index (χ1n) is 9.29. The minimum atomic E-state index is -0.498. The molecule has 1 saturated heterocycles. The summed E-state index contributed by atoms with van der Waals surface area (Å²) in [5.41, 5.74) is 6.98. The predicted molar refractivity (Wildman–Crippen MR) is 113 cm³/mol. The van der Waals surface area contributed by atoms with Crippen LogP contribution in [0.25, 0.3) is 0 Å². The van der Waals surface area contributed by atoms with Crippen molar-refractivity contribution in [2.24, 2.45) is 0 Å². The van der Waals surface area contributed by atoms with E-state index in [4.69, 9.17) is 43.1 Å². The maximum absolute atomic E-state index is 11.0. The summed E-state index contributed by atoms with van der Waals surface area (Å²) in [6.45, 7) is 2.81. The molecule has 0 aliphatic carbocycles. The van der Waals surface area contributed by atoms with Crippen molar-refractivity contribution < 1.29 is 19.1 Å². The molecule has 2 heterocycles. The lowest BCUT2D eigenvalue weighted by atomic mass is 10.0. The lowest BCUT2D eigenvalue weighted by Crippen LogP contribution is -2.39. The minimum absolute atomic E-state index is 0.0935. The first-order chi connectivity index (χ1) is 14.4. The van der Waals surface area contributed by atoms with Crippen LogP contribution in [0, 0.1) is 10.1 Å². The maximum Gasteiger partial charge on any atom is 0.273 e. The molecule has 2 aliphatic heterocycles. The number of nitrogens with zero attached hydrogens (tertiary/aromatic N) is 2. The number of hydrogen-bond donors (Lipinski definition) is 1. The molecule has 4 rings (SSSR count). The average Bonchev–Trinajstić information content (AvgIpc) is 3.08. The number of hydrogen-bond acceptors (Lipinski definition) is 7. The molecule has 1 unspecified atom stereocenters. The second-order valence-electron chi connectivity index (χ2n) is 6.86. The summed E-state index contributed by atoms with van der Waals surface area (Å²) < 4.78 is 17.2. The Kier molecular flexibility index (Phi) is 6.01. The summed E-state index contributed by atoms with van der Waals surface area (Å²) in [5, 5.41) is 12.0. The van der Waals surface area contributed by atoms with Gasteiger partial charge in [0.15, 0.2) is 5.75 Å². The summed E-state index contributed by atoms with van der Waals surface area (Å²) in [6.07, 6.45) is 1.78. The van der Waals surface area contributed by atoms with Crippen molar-refractivity contribution in [2.45, 2.75) is 6.04 Å².